The van der Waals surface area contributed by atoms with Gasteiger partial charge >= 0.3 is 0 Å². The number of aryl methyl sites for hydroxylation is 1. The highest BCUT2D eigenvalue weighted by Gasteiger charge is 2.16. The Balaban J connectivity index is 2.14. The molecule has 2 aromatic rings. The summed E-state index contributed by atoms with van der Waals surface area (Å²) in [6.45, 7) is 9.83. The first kappa shape index (κ1) is 15.8. The number of hydrogen-bond donors (Lipinski definition) is 1. The number of nitrogens with one attached hydrogen (secondary N) is 1. The summed E-state index contributed by atoms with van der Waals surface area (Å²) >= 11 is 0. The number of hydrogen-bond acceptors (Lipinski definition) is 2. The van der Waals surface area contributed by atoms with E-state index in [1.54, 1.807) is 0 Å². The summed E-state index contributed by atoms with van der Waals surface area (Å²) in [7, 11) is 2.01. The lowest BCUT2D eigenvalue weighted by Gasteiger charge is -2.20. The molecule has 0 spiro atoms. The monoisotopic (exact) mass is 285 g/mol. The van der Waals surface area contributed by atoms with Crippen LogP contribution < -0.4 is 5.32 Å². The third kappa shape index (κ3) is 4.18. The Morgan fingerprint density at radius 1 is 1.19 bits per heavy atom. The van der Waals surface area contributed by atoms with Crippen LogP contribution in [0.25, 0.3) is 0 Å². The molecule has 0 radical (unpaired) electrons. The van der Waals surface area contributed by atoms with Crippen LogP contribution in [0.4, 0.5) is 0 Å². The van der Waals surface area contributed by atoms with Gasteiger partial charge in [-0.1, -0.05) is 52.0 Å². The van der Waals surface area contributed by atoms with Crippen molar-refractivity contribution >= 4 is 0 Å². The Morgan fingerprint density at radius 2 is 1.86 bits per heavy atom. The van der Waals surface area contributed by atoms with Crippen molar-refractivity contribution in [3.63, 3.8) is 0 Å². The van der Waals surface area contributed by atoms with Gasteiger partial charge in [0.15, 0.2) is 0 Å². The van der Waals surface area contributed by atoms with E-state index < -0.39 is 0 Å². The Kier molecular flexibility index (Phi) is 4.84. The highest BCUT2D eigenvalue weighted by molar-refractivity contribution is 5.28. The predicted molar refractivity (Wildman–Crippen MR) is 88.5 cm³/mol. The van der Waals surface area contributed by atoms with Gasteiger partial charge in [-0.25, -0.2) is 4.98 Å². The van der Waals surface area contributed by atoms with Crippen LogP contribution in [0.5, 0.6) is 0 Å². The van der Waals surface area contributed by atoms with Crippen LogP contribution in [0.2, 0.25) is 0 Å². The second-order valence-electron chi connectivity index (χ2n) is 6.73. The molecule has 1 N–H and O–H groups in total. The molecule has 0 bridgehead atoms. The minimum Gasteiger partial charge on any atom is -0.340 e. The second-order valence-corrected chi connectivity index (χ2v) is 6.73. The van der Waals surface area contributed by atoms with Gasteiger partial charge < -0.3 is 9.88 Å². The van der Waals surface area contributed by atoms with E-state index in [4.69, 9.17) is 0 Å². The van der Waals surface area contributed by atoms with Gasteiger partial charge in [-0.05, 0) is 29.5 Å². The third-order valence-corrected chi connectivity index (χ3v) is 3.79. The maximum Gasteiger partial charge on any atom is 0.0947 e. The molecule has 1 heterocycles. The molecule has 2 rings (SSSR count). The molecule has 1 aromatic heterocycles. The van der Waals surface area contributed by atoms with Gasteiger partial charge in [-0.15, -0.1) is 0 Å². The van der Waals surface area contributed by atoms with Crippen molar-refractivity contribution in [1.29, 1.82) is 0 Å². The van der Waals surface area contributed by atoms with Crippen molar-refractivity contribution in [2.75, 3.05) is 6.54 Å². The molecule has 3 heteroatoms. The molecule has 0 aliphatic heterocycles. The van der Waals surface area contributed by atoms with Gasteiger partial charge in [0.05, 0.1) is 18.1 Å². The van der Waals surface area contributed by atoms with Crippen LogP contribution in [0.15, 0.2) is 36.8 Å². The molecule has 114 valence electrons. The number of aromatic nitrogens is 2. The molecule has 0 fully saturated rings. The van der Waals surface area contributed by atoms with E-state index in [1.165, 1.54) is 11.1 Å². The zero-order valence-electron chi connectivity index (χ0n) is 13.9. The molecule has 1 atom stereocenters. The largest absolute Gasteiger partial charge is 0.340 e. The molecular formula is C18H27N3. The quantitative estimate of drug-likeness (QED) is 0.909. The highest BCUT2D eigenvalue weighted by Crippen LogP contribution is 2.24. The van der Waals surface area contributed by atoms with Gasteiger partial charge in [-0.3, -0.25) is 0 Å². The minimum absolute atomic E-state index is 0.209. The molecule has 0 saturated carbocycles. The van der Waals surface area contributed by atoms with Crippen LogP contribution in [0.1, 0.15) is 50.6 Å². The van der Waals surface area contributed by atoms with Gasteiger partial charge in [0, 0.05) is 13.2 Å². The fourth-order valence-corrected chi connectivity index (χ4v) is 2.52. The van der Waals surface area contributed by atoms with Crippen LogP contribution in [-0.4, -0.2) is 16.1 Å². The fraction of sp³-hybridized carbons (Fsp3) is 0.500. The summed E-state index contributed by atoms with van der Waals surface area (Å²) in [4.78, 5) is 4.49. The van der Waals surface area contributed by atoms with Crippen LogP contribution >= 0.6 is 0 Å². The molecule has 0 amide bonds. The van der Waals surface area contributed by atoms with E-state index in [2.05, 4.69) is 68.5 Å². The minimum atomic E-state index is 0.209. The number of rotatable bonds is 5. The maximum absolute atomic E-state index is 4.49. The van der Waals surface area contributed by atoms with Crippen molar-refractivity contribution < 1.29 is 0 Å². The smallest absolute Gasteiger partial charge is 0.0947 e. The summed E-state index contributed by atoms with van der Waals surface area (Å²) < 4.78 is 2.00. The van der Waals surface area contributed by atoms with E-state index >= 15 is 0 Å². The van der Waals surface area contributed by atoms with Crippen LogP contribution in [0, 0.1) is 0 Å². The molecular weight excluding hydrogens is 258 g/mol. The van der Waals surface area contributed by atoms with Gasteiger partial charge in [0.1, 0.15) is 0 Å². The Hall–Kier alpha value is -1.61. The zero-order chi connectivity index (χ0) is 15.5. The number of nitrogens with zero attached hydrogens (tertiary/aromatic N) is 2. The Morgan fingerprint density at radius 3 is 2.33 bits per heavy atom. The van der Waals surface area contributed by atoms with E-state index in [9.17, 15) is 0 Å². The average Bonchev–Trinajstić information content (AvgIpc) is 2.84. The van der Waals surface area contributed by atoms with Crippen molar-refractivity contribution in [1.82, 2.24) is 14.9 Å². The average molecular weight is 285 g/mol. The number of imidazole rings is 1. The van der Waals surface area contributed by atoms with E-state index in [0.29, 0.717) is 0 Å². The lowest BCUT2D eigenvalue weighted by molar-refractivity contribution is 0.537. The van der Waals surface area contributed by atoms with E-state index in [1.807, 2.05) is 17.9 Å². The summed E-state index contributed by atoms with van der Waals surface area (Å²) in [6.07, 6.45) is 4.93. The van der Waals surface area contributed by atoms with Crippen molar-refractivity contribution in [3.05, 3.63) is 53.6 Å². The first-order chi connectivity index (χ1) is 9.90. The standard InChI is InChI=1S/C18H27N3/c1-6-19-16(17-12-21(5)13-20-17)11-14-7-9-15(10-8-14)18(2,3)4/h7-10,12-13,16,19H,6,11H2,1-5H3. The summed E-state index contributed by atoms with van der Waals surface area (Å²) in [5, 5.41) is 3.53. The summed E-state index contributed by atoms with van der Waals surface area (Å²) in [6, 6.07) is 9.26. The van der Waals surface area contributed by atoms with Crippen LogP contribution in [-0.2, 0) is 18.9 Å². The van der Waals surface area contributed by atoms with E-state index in [0.717, 1.165) is 18.7 Å². The lowest BCUT2D eigenvalue weighted by Crippen LogP contribution is -2.23. The molecule has 3 nitrogen and oxygen atoms in total. The van der Waals surface area contributed by atoms with E-state index in [-0.39, 0.29) is 11.5 Å². The zero-order valence-corrected chi connectivity index (χ0v) is 13.9. The normalized spacial score (nSPS) is 13.4. The molecule has 21 heavy (non-hydrogen) atoms. The number of likely N-dealkylation sites (N-methyl/N-ethyl adjacent to an activating group) is 1. The van der Waals surface area contributed by atoms with Gasteiger partial charge in [-0.2, -0.15) is 0 Å². The summed E-state index contributed by atoms with van der Waals surface area (Å²) in [5.41, 5.74) is 4.04. The predicted octanol–water partition coefficient (Wildman–Crippen LogP) is 3.61. The second kappa shape index (κ2) is 6.44. The maximum atomic E-state index is 4.49. The first-order valence-corrected chi connectivity index (χ1v) is 7.71. The highest BCUT2D eigenvalue weighted by atomic mass is 15.0. The van der Waals surface area contributed by atoms with Crippen molar-refractivity contribution in [2.24, 2.45) is 7.05 Å². The Labute approximate surface area is 128 Å². The van der Waals surface area contributed by atoms with Gasteiger partial charge in [0.25, 0.3) is 0 Å². The molecule has 0 saturated heterocycles. The first-order valence-electron chi connectivity index (χ1n) is 7.71. The molecule has 0 aliphatic carbocycles. The molecule has 0 aliphatic rings. The Bertz CT molecular complexity index is 561. The van der Waals surface area contributed by atoms with Crippen molar-refractivity contribution in [2.45, 2.75) is 45.6 Å². The fourth-order valence-electron chi connectivity index (χ4n) is 2.52. The molecule has 1 unspecified atom stereocenters. The topological polar surface area (TPSA) is 29.9 Å². The van der Waals surface area contributed by atoms with Gasteiger partial charge in [0.2, 0.25) is 0 Å². The number of benzene rings is 1. The van der Waals surface area contributed by atoms with Crippen molar-refractivity contribution in [3.8, 4) is 0 Å². The van der Waals surface area contributed by atoms with Crippen LogP contribution in [0.3, 0.4) is 0 Å². The summed E-state index contributed by atoms with van der Waals surface area (Å²) in [5.74, 6) is 0. The lowest BCUT2D eigenvalue weighted by atomic mass is 9.86. The third-order valence-electron chi connectivity index (χ3n) is 3.79. The molecule has 1 aromatic carbocycles. The SMILES string of the molecule is CCNC(Cc1ccc(C(C)(C)C)cc1)c1cn(C)cn1.